The summed E-state index contributed by atoms with van der Waals surface area (Å²) in [6.45, 7) is 14.1. The Morgan fingerprint density at radius 3 is 2.65 bits per heavy atom. The van der Waals surface area contributed by atoms with E-state index < -0.39 is 13.7 Å². The fourth-order valence-corrected chi connectivity index (χ4v) is 5.03. The van der Waals surface area contributed by atoms with Crippen molar-refractivity contribution in [1.29, 1.82) is 0 Å². The molecule has 5 rings (SSSR count). The van der Waals surface area contributed by atoms with E-state index in [1.54, 1.807) is 13.8 Å². The van der Waals surface area contributed by atoms with Crippen molar-refractivity contribution in [2.45, 2.75) is 84.2 Å². The van der Waals surface area contributed by atoms with Crippen LogP contribution in [0.15, 0.2) is 24.4 Å². The fraction of sp³-hybridized carbons (Fsp3) is 0.538. The smallest absolute Gasteiger partial charge is 0.231 e. The number of hydrogen-bond acceptors (Lipinski definition) is 8. The highest BCUT2D eigenvalue weighted by Gasteiger charge is 2.25. The quantitative estimate of drug-likeness (QED) is 0.188. The van der Waals surface area contributed by atoms with Crippen LogP contribution >= 0.6 is 0 Å². The number of nitrogens with one attached hydrogen (secondary N) is 2. The lowest BCUT2D eigenvalue weighted by Gasteiger charge is -2.17. The third-order valence-electron chi connectivity index (χ3n) is 6.37. The minimum absolute atomic E-state index is 0.355. The summed E-state index contributed by atoms with van der Waals surface area (Å²) in [4.78, 5) is 9.74. The Bertz CT molecular complexity index is 1410. The molecule has 37 heavy (non-hydrogen) atoms. The van der Waals surface area contributed by atoms with E-state index >= 15 is 0 Å². The largest absolute Gasteiger partial charge is 0.389 e. The van der Waals surface area contributed by atoms with Crippen LogP contribution in [0, 0.1) is 6.92 Å². The first kappa shape index (κ1) is 25.6. The zero-order valence-electron chi connectivity index (χ0n) is 22.7. The lowest BCUT2D eigenvalue weighted by Crippen LogP contribution is -2.26. The van der Waals surface area contributed by atoms with Crippen molar-refractivity contribution >= 4 is 47.5 Å². The van der Waals surface area contributed by atoms with Gasteiger partial charge in [0.1, 0.15) is 12.5 Å². The van der Waals surface area contributed by atoms with E-state index in [2.05, 4.69) is 35.4 Å². The molecule has 0 amide bonds. The van der Waals surface area contributed by atoms with Crippen LogP contribution in [0.25, 0.3) is 21.9 Å². The molecule has 1 aromatic carbocycles. The number of benzene rings is 1. The van der Waals surface area contributed by atoms with Gasteiger partial charge in [0.05, 0.1) is 40.6 Å². The predicted octanol–water partition coefficient (Wildman–Crippen LogP) is 4.89. The number of hydrogen-bond donors (Lipinski definition) is 3. The van der Waals surface area contributed by atoms with Gasteiger partial charge in [0, 0.05) is 26.1 Å². The lowest BCUT2D eigenvalue weighted by molar-refractivity contribution is 0.0591. The molecule has 0 unspecified atom stereocenters. The standard InChI is InChI=1S/C26H38N8O2Si/c1-17-22-23(28-18-10-11-18)30-25(31-24(22)34(32-17)16-36-12-13-37(4,5)6)29-20-8-7-9-21-19(20)14-27-33(21)15-26(2,3)35/h7-9,14,18,35H,10-13,15-16H2,1-6H3,(H2,28,29,30,31). The molecule has 3 aromatic heterocycles. The average Bonchev–Trinajstić information content (AvgIpc) is 3.43. The molecule has 0 spiro atoms. The molecule has 1 saturated carbocycles. The molecule has 11 heteroatoms. The molecule has 0 aliphatic heterocycles. The molecular formula is C26H38N8O2Si. The monoisotopic (exact) mass is 522 g/mol. The maximum Gasteiger partial charge on any atom is 0.231 e. The van der Waals surface area contributed by atoms with Gasteiger partial charge in [0.25, 0.3) is 0 Å². The number of ether oxygens (including phenoxy) is 1. The topological polar surface area (TPSA) is 115 Å². The summed E-state index contributed by atoms with van der Waals surface area (Å²) in [5.74, 6) is 1.28. The summed E-state index contributed by atoms with van der Waals surface area (Å²) in [7, 11) is -1.17. The van der Waals surface area contributed by atoms with E-state index in [-0.39, 0.29) is 0 Å². The van der Waals surface area contributed by atoms with Gasteiger partial charge in [-0.25, -0.2) is 4.68 Å². The van der Waals surface area contributed by atoms with Crippen LogP contribution in [0.1, 0.15) is 32.4 Å². The van der Waals surface area contributed by atoms with Gasteiger partial charge >= 0.3 is 0 Å². The Kier molecular flexibility index (Phi) is 6.71. The van der Waals surface area contributed by atoms with Gasteiger partial charge in [0.15, 0.2) is 5.65 Å². The van der Waals surface area contributed by atoms with Crippen molar-refractivity contribution in [3.8, 4) is 0 Å². The number of nitrogens with zero attached hydrogens (tertiary/aromatic N) is 6. The van der Waals surface area contributed by atoms with Gasteiger partial charge in [0.2, 0.25) is 5.95 Å². The van der Waals surface area contributed by atoms with E-state index in [1.165, 1.54) is 0 Å². The third-order valence-corrected chi connectivity index (χ3v) is 8.07. The number of anilines is 3. The van der Waals surface area contributed by atoms with Gasteiger partial charge in [-0.1, -0.05) is 25.7 Å². The Morgan fingerprint density at radius 1 is 1.16 bits per heavy atom. The lowest BCUT2D eigenvalue weighted by atomic mass is 10.1. The van der Waals surface area contributed by atoms with Crippen LogP contribution in [0.3, 0.4) is 0 Å². The summed E-state index contributed by atoms with van der Waals surface area (Å²) in [5.41, 5.74) is 2.55. The first-order valence-electron chi connectivity index (χ1n) is 13.0. The average molecular weight is 523 g/mol. The van der Waals surface area contributed by atoms with E-state index in [0.717, 1.165) is 64.6 Å². The van der Waals surface area contributed by atoms with Crippen LogP contribution in [0.2, 0.25) is 25.7 Å². The number of aryl methyl sites for hydroxylation is 1. The predicted molar refractivity (Wildman–Crippen MR) is 150 cm³/mol. The van der Waals surface area contributed by atoms with Crippen molar-refractivity contribution in [3.63, 3.8) is 0 Å². The summed E-state index contributed by atoms with van der Waals surface area (Å²) >= 11 is 0. The zero-order valence-corrected chi connectivity index (χ0v) is 23.7. The molecule has 1 aliphatic carbocycles. The highest BCUT2D eigenvalue weighted by molar-refractivity contribution is 6.76. The maximum absolute atomic E-state index is 10.3. The molecule has 1 fully saturated rings. The van der Waals surface area contributed by atoms with Crippen molar-refractivity contribution in [1.82, 2.24) is 29.5 Å². The molecular weight excluding hydrogens is 484 g/mol. The summed E-state index contributed by atoms with van der Waals surface area (Å²) in [5, 5.41) is 28.4. The number of aliphatic hydroxyl groups is 1. The molecule has 3 N–H and O–H groups in total. The Morgan fingerprint density at radius 2 is 1.95 bits per heavy atom. The van der Waals surface area contributed by atoms with Crippen molar-refractivity contribution in [2.24, 2.45) is 0 Å². The van der Waals surface area contributed by atoms with Gasteiger partial charge < -0.3 is 20.5 Å². The molecule has 0 bridgehead atoms. The van der Waals surface area contributed by atoms with E-state index in [4.69, 9.17) is 19.8 Å². The maximum atomic E-state index is 10.3. The molecule has 10 nitrogen and oxygen atoms in total. The van der Waals surface area contributed by atoms with Gasteiger partial charge in [-0.2, -0.15) is 20.2 Å². The summed E-state index contributed by atoms with van der Waals surface area (Å²) in [6, 6.07) is 7.50. The normalized spacial score (nSPS) is 14.6. The fourth-order valence-electron chi connectivity index (χ4n) is 4.27. The van der Waals surface area contributed by atoms with E-state index in [0.29, 0.717) is 25.3 Å². The van der Waals surface area contributed by atoms with Crippen LogP contribution in [-0.2, 0) is 18.0 Å². The molecule has 1 aliphatic rings. The minimum atomic E-state index is -1.17. The van der Waals surface area contributed by atoms with Crippen molar-refractivity contribution in [3.05, 3.63) is 30.1 Å². The van der Waals surface area contributed by atoms with Crippen LogP contribution in [-0.4, -0.2) is 61.0 Å². The highest BCUT2D eigenvalue weighted by atomic mass is 28.3. The SMILES string of the molecule is Cc1nn(COCC[Si](C)(C)C)c2nc(Nc3cccc4c3cnn4CC(C)(C)O)nc(NC3CC3)c12. The van der Waals surface area contributed by atoms with Crippen LogP contribution in [0.4, 0.5) is 17.5 Å². The van der Waals surface area contributed by atoms with E-state index in [1.807, 2.05) is 40.7 Å². The molecule has 0 atom stereocenters. The summed E-state index contributed by atoms with van der Waals surface area (Å²) in [6.07, 6.45) is 4.09. The second-order valence-corrected chi connectivity index (χ2v) is 17.5. The van der Waals surface area contributed by atoms with Crippen molar-refractivity contribution in [2.75, 3.05) is 17.2 Å². The first-order chi connectivity index (χ1) is 17.5. The molecule has 4 aromatic rings. The number of rotatable bonds is 11. The number of aromatic nitrogens is 6. The van der Waals surface area contributed by atoms with Crippen LogP contribution < -0.4 is 10.6 Å². The molecule has 0 radical (unpaired) electrons. The summed E-state index contributed by atoms with van der Waals surface area (Å²) < 4.78 is 9.67. The van der Waals surface area contributed by atoms with Gasteiger partial charge in [-0.3, -0.25) is 4.68 Å². The second kappa shape index (κ2) is 9.69. The van der Waals surface area contributed by atoms with Crippen molar-refractivity contribution < 1.29 is 9.84 Å². The zero-order chi connectivity index (χ0) is 26.4. The third kappa shape index (κ3) is 6.11. The first-order valence-corrected chi connectivity index (χ1v) is 16.7. The molecule has 0 saturated heterocycles. The Labute approximate surface area is 218 Å². The molecule has 3 heterocycles. The Balaban J connectivity index is 1.47. The van der Waals surface area contributed by atoms with E-state index in [9.17, 15) is 5.11 Å². The highest BCUT2D eigenvalue weighted by Crippen LogP contribution is 2.32. The van der Waals surface area contributed by atoms with Gasteiger partial charge in [-0.05, 0) is 51.8 Å². The van der Waals surface area contributed by atoms with Crippen LogP contribution in [0.5, 0.6) is 0 Å². The number of fused-ring (bicyclic) bond motifs is 2. The molecule has 198 valence electrons. The minimum Gasteiger partial charge on any atom is -0.389 e. The Hall–Kier alpha value is -3.02. The second-order valence-electron chi connectivity index (χ2n) is 11.9. The van der Waals surface area contributed by atoms with Gasteiger partial charge in [-0.15, -0.1) is 0 Å².